The Morgan fingerprint density at radius 3 is 2.45 bits per heavy atom. The van der Waals surface area contributed by atoms with Crippen molar-refractivity contribution in [2.45, 2.75) is 77.5 Å². The predicted molar refractivity (Wildman–Crippen MR) is 85.1 cm³/mol. The Bertz CT molecular complexity index is 415. The number of likely N-dealkylation sites (tertiary alicyclic amines) is 1. The molecule has 0 aromatic heterocycles. The van der Waals surface area contributed by atoms with Crippen LogP contribution in [0.2, 0.25) is 0 Å². The first kappa shape index (κ1) is 18.6. The molecule has 1 aliphatic heterocycles. The molecule has 0 aromatic carbocycles. The monoisotopic (exact) mass is 314 g/mol. The van der Waals surface area contributed by atoms with E-state index >= 15 is 0 Å². The van der Waals surface area contributed by atoms with Gasteiger partial charge in [0.2, 0.25) is 0 Å². The number of carboxylic acid groups (broad SMARTS) is 1. The van der Waals surface area contributed by atoms with Gasteiger partial charge in [-0.15, -0.1) is 0 Å². The normalized spacial score (nSPS) is 20.8. The van der Waals surface area contributed by atoms with E-state index in [1.165, 1.54) is 0 Å². The molecule has 1 rings (SSSR count). The Balaban J connectivity index is 2.44. The quantitative estimate of drug-likeness (QED) is 0.861. The van der Waals surface area contributed by atoms with E-state index in [2.05, 4.69) is 0 Å². The summed E-state index contributed by atoms with van der Waals surface area (Å²) in [4.78, 5) is 26.4. The predicted octanol–water partition coefficient (Wildman–Crippen LogP) is 3.55. The molecule has 0 unspecified atom stereocenters. The fraction of sp³-hybridized carbons (Fsp3) is 0.875. The van der Waals surface area contributed by atoms with Crippen LogP contribution in [0.15, 0.2) is 0 Å². The molecule has 0 saturated carbocycles. The molecule has 1 aliphatic rings. The zero-order valence-electron chi connectivity index (χ0n) is 14.7. The zero-order chi connectivity index (χ0) is 17.1. The van der Waals surface area contributed by atoms with E-state index in [-0.39, 0.29) is 17.7 Å². The number of hydrogen-bond acceptors (Lipinski definition) is 3. The van der Waals surface area contributed by atoms with Gasteiger partial charge >= 0.3 is 12.2 Å². The zero-order valence-corrected chi connectivity index (χ0v) is 14.7. The van der Waals surface area contributed by atoms with Gasteiger partial charge in [0.1, 0.15) is 5.60 Å². The first-order valence-electron chi connectivity index (χ1n) is 7.90. The molecule has 128 valence electrons. The number of carbonyl (C=O) groups is 2. The van der Waals surface area contributed by atoms with E-state index in [9.17, 15) is 14.7 Å². The van der Waals surface area contributed by atoms with E-state index in [1.807, 2.05) is 34.6 Å². The lowest BCUT2D eigenvalue weighted by Crippen LogP contribution is -2.46. The fourth-order valence-electron chi connectivity index (χ4n) is 2.95. The van der Waals surface area contributed by atoms with Gasteiger partial charge in [-0.3, -0.25) is 0 Å². The number of ether oxygens (including phenoxy) is 1. The van der Waals surface area contributed by atoms with Gasteiger partial charge in [0.25, 0.3) is 0 Å². The van der Waals surface area contributed by atoms with E-state index in [4.69, 9.17) is 4.74 Å². The summed E-state index contributed by atoms with van der Waals surface area (Å²) in [6, 6.07) is 0.0412. The Labute approximate surface area is 133 Å². The standard InChI is InChI=1S/C16H30N2O4/c1-15(2,3)22-14(21)17(6)11-7-8-12-9-10-16(4,5)18(12)13(19)20/h12H,7-11H2,1-6H3,(H,19,20)/t12-/m0/s1. The van der Waals surface area contributed by atoms with E-state index < -0.39 is 11.7 Å². The summed E-state index contributed by atoms with van der Waals surface area (Å²) < 4.78 is 5.30. The number of rotatable bonds is 4. The van der Waals surface area contributed by atoms with Crippen LogP contribution in [0.3, 0.4) is 0 Å². The molecule has 22 heavy (non-hydrogen) atoms. The maximum Gasteiger partial charge on any atom is 0.410 e. The largest absolute Gasteiger partial charge is 0.465 e. The number of carbonyl (C=O) groups excluding carboxylic acids is 1. The van der Waals surface area contributed by atoms with Gasteiger partial charge in [0.15, 0.2) is 0 Å². The van der Waals surface area contributed by atoms with Crippen molar-refractivity contribution < 1.29 is 19.4 Å². The summed E-state index contributed by atoms with van der Waals surface area (Å²) in [5.41, 5.74) is -0.797. The number of amides is 2. The molecule has 0 bridgehead atoms. The summed E-state index contributed by atoms with van der Waals surface area (Å²) in [5.74, 6) is 0. The highest BCUT2D eigenvalue weighted by Gasteiger charge is 2.42. The molecule has 1 fully saturated rings. The number of hydrogen-bond donors (Lipinski definition) is 1. The first-order valence-corrected chi connectivity index (χ1v) is 7.90. The van der Waals surface area contributed by atoms with E-state index in [0.29, 0.717) is 6.54 Å². The van der Waals surface area contributed by atoms with Crippen LogP contribution in [0.1, 0.15) is 60.3 Å². The lowest BCUT2D eigenvalue weighted by atomic mass is 10.0. The van der Waals surface area contributed by atoms with Crippen LogP contribution in [-0.4, -0.2) is 57.9 Å². The summed E-state index contributed by atoms with van der Waals surface area (Å²) in [5, 5.41) is 9.39. The minimum atomic E-state index is -0.854. The highest BCUT2D eigenvalue weighted by Crippen LogP contribution is 2.35. The van der Waals surface area contributed by atoms with Gasteiger partial charge in [-0.05, 0) is 60.3 Å². The van der Waals surface area contributed by atoms with Crippen LogP contribution in [0.4, 0.5) is 9.59 Å². The summed E-state index contributed by atoms with van der Waals surface area (Å²) in [7, 11) is 1.71. The highest BCUT2D eigenvalue weighted by atomic mass is 16.6. The fourth-order valence-corrected chi connectivity index (χ4v) is 2.95. The summed E-state index contributed by atoms with van der Waals surface area (Å²) in [6.07, 6.45) is 2.10. The summed E-state index contributed by atoms with van der Waals surface area (Å²) in [6.45, 7) is 10.0. The maximum absolute atomic E-state index is 11.9. The molecule has 0 radical (unpaired) electrons. The molecule has 0 spiro atoms. The molecule has 1 heterocycles. The molecular formula is C16H30N2O4. The second-order valence-electron chi connectivity index (χ2n) is 7.70. The van der Waals surface area contributed by atoms with Gasteiger partial charge in [-0.1, -0.05) is 0 Å². The molecule has 6 heteroatoms. The van der Waals surface area contributed by atoms with Gasteiger partial charge < -0.3 is 19.6 Å². The Hall–Kier alpha value is -1.46. The van der Waals surface area contributed by atoms with E-state index in [0.717, 1.165) is 25.7 Å². The molecule has 2 amide bonds. The van der Waals surface area contributed by atoms with Crippen LogP contribution in [0.25, 0.3) is 0 Å². The van der Waals surface area contributed by atoms with Crippen molar-refractivity contribution in [3.8, 4) is 0 Å². The second kappa shape index (κ2) is 6.75. The second-order valence-corrected chi connectivity index (χ2v) is 7.70. The SMILES string of the molecule is CN(CCC[C@H]1CCC(C)(C)N1C(=O)O)C(=O)OC(C)(C)C. The van der Waals surface area contributed by atoms with Crippen molar-refractivity contribution in [1.82, 2.24) is 9.80 Å². The molecular weight excluding hydrogens is 284 g/mol. The van der Waals surface area contributed by atoms with Crippen LogP contribution in [0.5, 0.6) is 0 Å². The lowest BCUT2D eigenvalue weighted by Gasteiger charge is -2.33. The van der Waals surface area contributed by atoms with Crippen molar-refractivity contribution in [1.29, 1.82) is 0 Å². The third kappa shape index (κ3) is 5.07. The van der Waals surface area contributed by atoms with Crippen molar-refractivity contribution in [2.24, 2.45) is 0 Å². The smallest absolute Gasteiger partial charge is 0.410 e. The first-order chi connectivity index (χ1) is 9.94. The topological polar surface area (TPSA) is 70.1 Å². The molecule has 6 nitrogen and oxygen atoms in total. The highest BCUT2D eigenvalue weighted by molar-refractivity contribution is 5.68. The van der Waals surface area contributed by atoms with Crippen molar-refractivity contribution in [3.63, 3.8) is 0 Å². The average molecular weight is 314 g/mol. The van der Waals surface area contributed by atoms with Gasteiger partial charge in [-0.25, -0.2) is 9.59 Å². The minimum Gasteiger partial charge on any atom is -0.465 e. The van der Waals surface area contributed by atoms with Crippen molar-refractivity contribution in [3.05, 3.63) is 0 Å². The third-order valence-corrected chi connectivity index (χ3v) is 4.05. The average Bonchev–Trinajstić information content (AvgIpc) is 2.62. The Morgan fingerprint density at radius 1 is 1.36 bits per heavy atom. The van der Waals surface area contributed by atoms with Crippen LogP contribution in [0, 0.1) is 0 Å². The van der Waals surface area contributed by atoms with Gasteiger partial charge in [0, 0.05) is 25.2 Å². The molecule has 1 N–H and O–H groups in total. The molecule has 0 aliphatic carbocycles. The van der Waals surface area contributed by atoms with Crippen LogP contribution < -0.4 is 0 Å². The van der Waals surface area contributed by atoms with E-state index in [1.54, 1.807) is 16.8 Å². The Morgan fingerprint density at radius 2 is 1.95 bits per heavy atom. The van der Waals surface area contributed by atoms with Crippen LogP contribution in [-0.2, 0) is 4.74 Å². The summed E-state index contributed by atoms with van der Waals surface area (Å²) >= 11 is 0. The minimum absolute atomic E-state index is 0.0412. The maximum atomic E-state index is 11.9. The number of nitrogens with zero attached hydrogens (tertiary/aromatic N) is 2. The third-order valence-electron chi connectivity index (χ3n) is 4.05. The van der Waals surface area contributed by atoms with Gasteiger partial charge in [-0.2, -0.15) is 0 Å². The van der Waals surface area contributed by atoms with Crippen molar-refractivity contribution >= 4 is 12.2 Å². The van der Waals surface area contributed by atoms with Crippen molar-refractivity contribution in [2.75, 3.05) is 13.6 Å². The Kier molecular flexibility index (Phi) is 5.70. The lowest BCUT2D eigenvalue weighted by molar-refractivity contribution is 0.0290. The molecule has 1 atom stereocenters. The van der Waals surface area contributed by atoms with Gasteiger partial charge in [0.05, 0.1) is 0 Å². The molecule has 0 aromatic rings. The molecule has 1 saturated heterocycles. The van der Waals surface area contributed by atoms with Crippen LogP contribution >= 0.6 is 0 Å².